The van der Waals surface area contributed by atoms with Gasteiger partial charge in [-0.25, -0.2) is 5.48 Å². The van der Waals surface area contributed by atoms with Crippen LogP contribution >= 0.6 is 0 Å². The lowest BCUT2D eigenvalue weighted by atomic mass is 10.0. The van der Waals surface area contributed by atoms with Crippen molar-refractivity contribution in [2.75, 3.05) is 0 Å². The number of nitrogens with one attached hydrogen (secondary N) is 1. The van der Waals surface area contributed by atoms with Gasteiger partial charge in [-0.05, 0) is 35.0 Å². The van der Waals surface area contributed by atoms with Crippen molar-refractivity contribution in [2.24, 2.45) is 5.73 Å². The lowest BCUT2D eigenvalue weighted by molar-refractivity contribution is 0.0706. The van der Waals surface area contributed by atoms with Gasteiger partial charge in [-0.15, -0.1) is 0 Å². The highest BCUT2D eigenvalue weighted by molar-refractivity contribution is 6.01. The first-order valence-corrected chi connectivity index (χ1v) is 4.90. The minimum absolute atomic E-state index is 0.340. The summed E-state index contributed by atoms with van der Waals surface area (Å²) in [6, 6.07) is 9.80. The molecular weight excluding hydrogens is 220 g/mol. The number of hydrogen-bond acceptors (Lipinski definition) is 3. The molecule has 5 nitrogen and oxygen atoms in total. The Bertz CT molecular complexity index is 608. The fourth-order valence-corrected chi connectivity index (χ4v) is 1.60. The molecule has 2 aromatic rings. The third-order valence-corrected chi connectivity index (χ3v) is 2.49. The Kier molecular flexibility index (Phi) is 2.76. The van der Waals surface area contributed by atoms with Crippen molar-refractivity contribution in [3.8, 4) is 0 Å². The number of hydrogen-bond donors (Lipinski definition) is 3. The average Bonchev–Trinajstić information content (AvgIpc) is 2.36. The van der Waals surface area contributed by atoms with Gasteiger partial charge < -0.3 is 5.73 Å². The number of hydroxylamine groups is 1. The Balaban J connectivity index is 2.54. The molecule has 0 aliphatic carbocycles. The zero-order chi connectivity index (χ0) is 12.4. The van der Waals surface area contributed by atoms with Crippen molar-refractivity contribution in [1.82, 2.24) is 5.48 Å². The van der Waals surface area contributed by atoms with Gasteiger partial charge in [0.15, 0.2) is 0 Å². The maximum atomic E-state index is 11.2. The van der Waals surface area contributed by atoms with E-state index < -0.39 is 11.8 Å². The van der Waals surface area contributed by atoms with E-state index in [9.17, 15) is 9.59 Å². The van der Waals surface area contributed by atoms with E-state index in [0.717, 1.165) is 10.8 Å². The molecule has 0 aliphatic rings. The molecule has 0 fully saturated rings. The zero-order valence-electron chi connectivity index (χ0n) is 8.81. The maximum Gasteiger partial charge on any atom is 0.274 e. The Morgan fingerprint density at radius 3 is 2.06 bits per heavy atom. The van der Waals surface area contributed by atoms with Crippen LogP contribution in [0.4, 0.5) is 0 Å². The maximum absolute atomic E-state index is 11.2. The van der Waals surface area contributed by atoms with Crippen molar-refractivity contribution < 1.29 is 14.8 Å². The van der Waals surface area contributed by atoms with Crippen LogP contribution in [0, 0.1) is 0 Å². The van der Waals surface area contributed by atoms with Crippen molar-refractivity contribution in [3.63, 3.8) is 0 Å². The molecule has 0 atom stereocenters. The molecular formula is C12H10N2O3. The Morgan fingerprint density at radius 2 is 1.53 bits per heavy atom. The molecule has 0 radical (unpaired) electrons. The van der Waals surface area contributed by atoms with Crippen LogP contribution in [0.3, 0.4) is 0 Å². The van der Waals surface area contributed by atoms with Crippen LogP contribution < -0.4 is 11.2 Å². The highest BCUT2D eigenvalue weighted by Crippen LogP contribution is 2.17. The molecule has 0 saturated carbocycles. The fourth-order valence-electron chi connectivity index (χ4n) is 1.60. The van der Waals surface area contributed by atoms with Gasteiger partial charge >= 0.3 is 0 Å². The smallest absolute Gasteiger partial charge is 0.274 e. The first-order valence-electron chi connectivity index (χ1n) is 4.90. The second kappa shape index (κ2) is 4.23. The monoisotopic (exact) mass is 230 g/mol. The second-order valence-electron chi connectivity index (χ2n) is 3.58. The molecule has 5 heteroatoms. The molecule has 2 rings (SSSR count). The predicted molar refractivity (Wildman–Crippen MR) is 61.7 cm³/mol. The summed E-state index contributed by atoms with van der Waals surface area (Å²) in [5.41, 5.74) is 7.48. The van der Waals surface area contributed by atoms with Gasteiger partial charge in [0.05, 0.1) is 0 Å². The SMILES string of the molecule is NC(=O)c1ccc2cc(C(=O)NO)ccc2c1. The van der Waals surface area contributed by atoms with Crippen LogP contribution in [-0.2, 0) is 0 Å². The molecule has 0 saturated heterocycles. The minimum atomic E-state index is -0.578. The van der Waals surface area contributed by atoms with Gasteiger partial charge in [-0.1, -0.05) is 12.1 Å². The Labute approximate surface area is 96.8 Å². The summed E-state index contributed by atoms with van der Waals surface area (Å²) in [6.45, 7) is 0. The number of carbonyl (C=O) groups is 2. The standard InChI is InChI=1S/C12H10N2O3/c13-11(15)9-3-1-8-6-10(12(16)14-17)4-2-7(8)5-9/h1-6,17H,(H2,13,15)(H,14,16). The first kappa shape index (κ1) is 11.1. The largest absolute Gasteiger partial charge is 0.366 e. The van der Waals surface area contributed by atoms with Crippen molar-refractivity contribution in [1.29, 1.82) is 0 Å². The van der Waals surface area contributed by atoms with E-state index in [-0.39, 0.29) is 0 Å². The van der Waals surface area contributed by atoms with Crippen molar-refractivity contribution >= 4 is 22.6 Å². The third kappa shape index (κ3) is 2.09. The quantitative estimate of drug-likeness (QED) is 0.532. The summed E-state index contributed by atoms with van der Waals surface area (Å²) in [5, 5.41) is 10.1. The van der Waals surface area contributed by atoms with E-state index in [1.165, 1.54) is 0 Å². The Morgan fingerprint density at radius 1 is 1.00 bits per heavy atom. The van der Waals surface area contributed by atoms with Crippen LogP contribution in [0.1, 0.15) is 20.7 Å². The molecule has 86 valence electrons. The molecule has 17 heavy (non-hydrogen) atoms. The molecule has 2 amide bonds. The molecule has 4 N–H and O–H groups in total. The molecule has 0 spiro atoms. The van der Waals surface area contributed by atoms with E-state index in [0.29, 0.717) is 11.1 Å². The predicted octanol–water partition coefficient (Wildman–Crippen LogP) is 1.06. The van der Waals surface area contributed by atoms with E-state index in [1.54, 1.807) is 41.9 Å². The van der Waals surface area contributed by atoms with Crippen molar-refractivity contribution in [3.05, 3.63) is 47.5 Å². The van der Waals surface area contributed by atoms with Crippen molar-refractivity contribution in [2.45, 2.75) is 0 Å². The fraction of sp³-hybridized carbons (Fsp3) is 0. The van der Waals surface area contributed by atoms with Crippen LogP contribution in [-0.4, -0.2) is 17.0 Å². The van der Waals surface area contributed by atoms with Crippen LogP contribution in [0.2, 0.25) is 0 Å². The number of benzene rings is 2. The topological polar surface area (TPSA) is 92.4 Å². The zero-order valence-corrected chi connectivity index (χ0v) is 8.81. The minimum Gasteiger partial charge on any atom is -0.366 e. The summed E-state index contributed by atoms with van der Waals surface area (Å²) in [4.78, 5) is 22.2. The third-order valence-electron chi connectivity index (χ3n) is 2.49. The lowest BCUT2D eigenvalue weighted by Gasteiger charge is -2.03. The van der Waals surface area contributed by atoms with Gasteiger partial charge in [-0.2, -0.15) is 0 Å². The molecule has 0 heterocycles. The number of amides is 2. The van der Waals surface area contributed by atoms with E-state index in [2.05, 4.69) is 0 Å². The van der Waals surface area contributed by atoms with Crippen LogP contribution in [0.15, 0.2) is 36.4 Å². The van der Waals surface area contributed by atoms with Crippen LogP contribution in [0.25, 0.3) is 10.8 Å². The molecule has 0 aromatic heterocycles. The summed E-state index contributed by atoms with van der Waals surface area (Å²) in [5.74, 6) is -1.07. The lowest BCUT2D eigenvalue weighted by Crippen LogP contribution is -2.18. The van der Waals surface area contributed by atoms with E-state index >= 15 is 0 Å². The van der Waals surface area contributed by atoms with Gasteiger partial charge in [0.1, 0.15) is 0 Å². The number of fused-ring (bicyclic) bond motifs is 1. The summed E-state index contributed by atoms with van der Waals surface area (Å²) < 4.78 is 0. The highest BCUT2D eigenvalue weighted by Gasteiger charge is 2.06. The summed E-state index contributed by atoms with van der Waals surface area (Å²) in [7, 11) is 0. The highest BCUT2D eigenvalue weighted by atomic mass is 16.5. The molecule has 0 aliphatic heterocycles. The van der Waals surface area contributed by atoms with Crippen LogP contribution in [0.5, 0.6) is 0 Å². The second-order valence-corrected chi connectivity index (χ2v) is 3.58. The number of primary amides is 1. The number of carbonyl (C=O) groups excluding carboxylic acids is 2. The van der Waals surface area contributed by atoms with E-state index in [4.69, 9.17) is 10.9 Å². The van der Waals surface area contributed by atoms with Gasteiger partial charge in [0.2, 0.25) is 5.91 Å². The number of rotatable bonds is 2. The molecule has 0 unspecified atom stereocenters. The average molecular weight is 230 g/mol. The summed E-state index contributed by atoms with van der Waals surface area (Å²) in [6.07, 6.45) is 0. The Hall–Kier alpha value is -2.40. The molecule has 2 aromatic carbocycles. The number of nitrogens with two attached hydrogens (primary N) is 1. The first-order chi connectivity index (χ1) is 8.11. The van der Waals surface area contributed by atoms with Gasteiger partial charge in [-0.3, -0.25) is 14.8 Å². The van der Waals surface area contributed by atoms with Gasteiger partial charge in [0, 0.05) is 11.1 Å². The van der Waals surface area contributed by atoms with Gasteiger partial charge in [0.25, 0.3) is 5.91 Å². The summed E-state index contributed by atoms with van der Waals surface area (Å²) >= 11 is 0. The van der Waals surface area contributed by atoms with E-state index in [1.807, 2.05) is 0 Å². The normalized spacial score (nSPS) is 10.2. The molecule has 0 bridgehead atoms.